The molecule has 2 spiro atoms. The number of rotatable bonds is 3. The van der Waals surface area contributed by atoms with Crippen molar-refractivity contribution in [2.24, 2.45) is 23.2 Å². The predicted molar refractivity (Wildman–Crippen MR) is 105 cm³/mol. The van der Waals surface area contributed by atoms with Crippen molar-refractivity contribution in [1.29, 1.82) is 0 Å². The Morgan fingerprint density at radius 1 is 1.28 bits per heavy atom. The van der Waals surface area contributed by atoms with Crippen molar-refractivity contribution >= 4 is 11.8 Å². The van der Waals surface area contributed by atoms with Crippen molar-refractivity contribution in [2.45, 2.75) is 31.4 Å². The monoisotopic (exact) mass is 396 g/mol. The second kappa shape index (κ2) is 5.82. The third-order valence-corrected chi connectivity index (χ3v) is 6.62. The first-order chi connectivity index (χ1) is 13.8. The van der Waals surface area contributed by atoms with Crippen molar-refractivity contribution in [3.8, 4) is 5.75 Å². The molecule has 5 rings (SSSR count). The van der Waals surface area contributed by atoms with Gasteiger partial charge in [-0.25, -0.2) is 4.99 Å². The van der Waals surface area contributed by atoms with E-state index in [-0.39, 0.29) is 23.6 Å². The predicted octanol–water partition coefficient (Wildman–Crippen LogP) is 1.57. The normalized spacial score (nSPS) is 25.7. The standard InChI is InChI=1S/C21H24N4O4/c1-19(2)20(10-27-11-20)21(12-28-18(22)24-21)15-6-13(4-5-17(15)29-19)7-16(26)14-8-23-25(3)9-14/h4-6,8-9H,7,10-12H2,1-3H3,(H2,22,24). The van der Waals surface area contributed by atoms with Gasteiger partial charge in [-0.1, -0.05) is 6.07 Å². The average molecular weight is 396 g/mol. The van der Waals surface area contributed by atoms with Crippen molar-refractivity contribution in [1.82, 2.24) is 9.78 Å². The number of nitrogens with zero attached hydrogens (tertiary/aromatic N) is 3. The molecule has 152 valence electrons. The second-order valence-electron chi connectivity index (χ2n) is 8.62. The molecule has 1 aromatic heterocycles. The van der Waals surface area contributed by atoms with Gasteiger partial charge in [0.25, 0.3) is 6.02 Å². The first-order valence-corrected chi connectivity index (χ1v) is 9.67. The molecule has 1 saturated heterocycles. The van der Waals surface area contributed by atoms with Crippen LogP contribution in [0.15, 0.2) is 35.6 Å². The number of hydrogen-bond donors (Lipinski definition) is 1. The fourth-order valence-corrected chi connectivity index (χ4v) is 4.79. The molecule has 0 amide bonds. The third kappa shape index (κ3) is 2.38. The van der Waals surface area contributed by atoms with Crippen molar-refractivity contribution in [3.63, 3.8) is 0 Å². The minimum atomic E-state index is -0.695. The van der Waals surface area contributed by atoms with Crippen LogP contribution in [0.3, 0.4) is 0 Å². The van der Waals surface area contributed by atoms with E-state index in [4.69, 9.17) is 24.9 Å². The highest BCUT2D eigenvalue weighted by Crippen LogP contribution is 2.62. The summed E-state index contributed by atoms with van der Waals surface area (Å²) >= 11 is 0. The summed E-state index contributed by atoms with van der Waals surface area (Å²) in [6, 6.07) is 6.03. The van der Waals surface area contributed by atoms with E-state index >= 15 is 0 Å². The molecule has 0 aliphatic carbocycles. The lowest BCUT2D eigenvalue weighted by Gasteiger charge is -2.61. The number of nitrogens with two attached hydrogens (primary N) is 1. The fraction of sp³-hybridized carbons (Fsp3) is 0.476. The Balaban J connectivity index is 1.58. The number of carbonyl (C=O) groups excluding carboxylic acids is 1. The molecule has 8 heteroatoms. The number of amidine groups is 1. The van der Waals surface area contributed by atoms with E-state index in [9.17, 15) is 4.79 Å². The van der Waals surface area contributed by atoms with Gasteiger partial charge in [0, 0.05) is 25.2 Å². The molecule has 0 radical (unpaired) electrons. The van der Waals surface area contributed by atoms with E-state index < -0.39 is 11.1 Å². The van der Waals surface area contributed by atoms with Gasteiger partial charge in [0.15, 0.2) is 5.78 Å². The van der Waals surface area contributed by atoms with Gasteiger partial charge in [-0.05, 0) is 31.5 Å². The first-order valence-electron chi connectivity index (χ1n) is 9.67. The Morgan fingerprint density at radius 3 is 2.66 bits per heavy atom. The molecule has 29 heavy (non-hydrogen) atoms. The molecule has 8 nitrogen and oxygen atoms in total. The van der Waals surface area contributed by atoms with Gasteiger partial charge in [0.1, 0.15) is 23.5 Å². The molecule has 2 N–H and O–H groups in total. The zero-order chi connectivity index (χ0) is 20.4. The van der Waals surface area contributed by atoms with Crippen LogP contribution in [-0.4, -0.2) is 47.0 Å². The highest BCUT2D eigenvalue weighted by molar-refractivity contribution is 5.97. The molecule has 0 saturated carbocycles. The Bertz CT molecular complexity index is 1040. The Kier molecular flexibility index (Phi) is 3.65. The Morgan fingerprint density at radius 2 is 2.07 bits per heavy atom. The van der Waals surface area contributed by atoms with Crippen LogP contribution in [0.25, 0.3) is 0 Å². The first kappa shape index (κ1) is 18.2. The number of ether oxygens (including phenoxy) is 3. The molecule has 3 aliphatic rings. The highest BCUT2D eigenvalue weighted by atomic mass is 16.5. The van der Waals surface area contributed by atoms with E-state index in [0.29, 0.717) is 25.4 Å². The molecule has 2 aromatic rings. The van der Waals surface area contributed by atoms with Crippen molar-refractivity contribution in [2.75, 3.05) is 19.8 Å². The van der Waals surface area contributed by atoms with E-state index in [1.807, 2.05) is 18.2 Å². The largest absolute Gasteiger partial charge is 0.487 e. The summed E-state index contributed by atoms with van der Waals surface area (Å²) in [6.07, 6.45) is 3.58. The lowest BCUT2D eigenvalue weighted by Crippen LogP contribution is -2.71. The number of hydrogen-bond acceptors (Lipinski definition) is 7. The number of carbonyl (C=O) groups is 1. The van der Waals surface area contributed by atoms with Crippen LogP contribution >= 0.6 is 0 Å². The topological polar surface area (TPSA) is 101 Å². The lowest BCUT2D eigenvalue weighted by atomic mass is 9.55. The van der Waals surface area contributed by atoms with Crippen LogP contribution in [0, 0.1) is 5.41 Å². The van der Waals surface area contributed by atoms with Crippen LogP contribution in [0.2, 0.25) is 0 Å². The van der Waals surface area contributed by atoms with Crippen LogP contribution in [-0.2, 0) is 28.5 Å². The maximum Gasteiger partial charge on any atom is 0.283 e. The van der Waals surface area contributed by atoms with Gasteiger partial charge < -0.3 is 19.9 Å². The van der Waals surface area contributed by atoms with Gasteiger partial charge in [-0.3, -0.25) is 9.48 Å². The summed E-state index contributed by atoms with van der Waals surface area (Å²) in [5.74, 6) is 0.753. The van der Waals surface area contributed by atoms with Gasteiger partial charge in [-0.15, -0.1) is 0 Å². The van der Waals surface area contributed by atoms with Gasteiger partial charge in [0.2, 0.25) is 0 Å². The maximum absolute atomic E-state index is 12.7. The van der Waals surface area contributed by atoms with Crippen LogP contribution in [0.1, 0.15) is 35.3 Å². The minimum Gasteiger partial charge on any atom is -0.487 e. The number of aromatic nitrogens is 2. The van der Waals surface area contributed by atoms with Gasteiger partial charge in [-0.2, -0.15) is 5.10 Å². The van der Waals surface area contributed by atoms with Crippen LogP contribution < -0.4 is 10.5 Å². The quantitative estimate of drug-likeness (QED) is 0.791. The molecule has 3 aliphatic heterocycles. The second-order valence-corrected chi connectivity index (χ2v) is 8.62. The number of Topliss-reactive ketones (excluding diaryl/α,β-unsaturated/α-hetero) is 1. The number of ketones is 1. The van der Waals surface area contributed by atoms with Crippen LogP contribution in [0.4, 0.5) is 0 Å². The van der Waals surface area contributed by atoms with Crippen molar-refractivity contribution in [3.05, 3.63) is 47.3 Å². The van der Waals surface area contributed by atoms with Crippen molar-refractivity contribution < 1.29 is 19.0 Å². The molecular weight excluding hydrogens is 372 g/mol. The molecule has 4 heterocycles. The molecule has 1 atom stereocenters. The molecule has 1 aromatic carbocycles. The summed E-state index contributed by atoms with van der Waals surface area (Å²) in [4.78, 5) is 17.5. The zero-order valence-electron chi connectivity index (χ0n) is 16.8. The smallest absolute Gasteiger partial charge is 0.283 e. The van der Waals surface area contributed by atoms with E-state index in [1.165, 1.54) is 0 Å². The molecular formula is C21H24N4O4. The van der Waals surface area contributed by atoms with Gasteiger partial charge in [0.05, 0.1) is 30.4 Å². The third-order valence-electron chi connectivity index (χ3n) is 6.62. The lowest BCUT2D eigenvalue weighted by molar-refractivity contribution is -0.247. The summed E-state index contributed by atoms with van der Waals surface area (Å²) in [5, 5.41) is 4.08. The van der Waals surface area contributed by atoms with Gasteiger partial charge >= 0.3 is 0 Å². The zero-order valence-corrected chi connectivity index (χ0v) is 16.8. The minimum absolute atomic E-state index is 0.0107. The fourth-order valence-electron chi connectivity index (χ4n) is 4.79. The van der Waals surface area contributed by atoms with E-state index in [1.54, 1.807) is 24.1 Å². The van der Waals surface area contributed by atoms with E-state index in [0.717, 1.165) is 16.9 Å². The molecule has 1 fully saturated rings. The summed E-state index contributed by atoms with van der Waals surface area (Å²) in [7, 11) is 1.79. The SMILES string of the molecule is Cn1cc(C(=O)Cc2ccc3c(c2)C2(COC(N)=N2)C2(COC2)C(C)(C)O3)cn1. The number of aliphatic imine (C=N–C) groups is 1. The molecule has 1 unspecified atom stereocenters. The number of fused-ring (bicyclic) bond motifs is 3. The number of aryl methyl sites for hydroxylation is 1. The van der Waals surface area contributed by atoms with E-state index in [2.05, 4.69) is 18.9 Å². The molecule has 0 bridgehead atoms. The summed E-state index contributed by atoms with van der Waals surface area (Å²) in [5.41, 5.74) is 6.75. The Hall–Kier alpha value is -2.87. The number of benzene rings is 1. The summed E-state index contributed by atoms with van der Waals surface area (Å²) < 4.78 is 19.3. The maximum atomic E-state index is 12.7. The van der Waals surface area contributed by atoms with Crippen LogP contribution in [0.5, 0.6) is 5.75 Å². The summed E-state index contributed by atoms with van der Waals surface area (Å²) in [6.45, 7) is 5.48. The Labute approximate surface area is 168 Å². The highest BCUT2D eigenvalue weighted by Gasteiger charge is 2.71. The average Bonchev–Trinajstić information content (AvgIpc) is 3.21.